The highest BCUT2D eigenvalue weighted by molar-refractivity contribution is 6.06. The monoisotopic (exact) mass is 342 g/mol. The number of fused-ring (bicyclic) bond motifs is 1. The van der Waals surface area contributed by atoms with E-state index in [0.717, 1.165) is 34.5 Å². The number of hydrogen-bond acceptors (Lipinski definition) is 3. The summed E-state index contributed by atoms with van der Waals surface area (Å²) in [6, 6.07) is 1.97. The Hall–Kier alpha value is -1.91. The highest BCUT2D eigenvalue weighted by Gasteiger charge is 2.24. The first kappa shape index (κ1) is 17.9. The Morgan fingerprint density at radius 1 is 1.32 bits per heavy atom. The van der Waals surface area contributed by atoms with Crippen LogP contribution in [0.4, 0.5) is 0 Å². The summed E-state index contributed by atoms with van der Waals surface area (Å²) in [6.45, 7) is 7.02. The first-order valence-electron chi connectivity index (χ1n) is 9.48. The molecule has 0 bridgehead atoms. The van der Waals surface area contributed by atoms with Crippen molar-refractivity contribution >= 4 is 16.9 Å². The summed E-state index contributed by atoms with van der Waals surface area (Å²) >= 11 is 0. The van der Waals surface area contributed by atoms with Gasteiger partial charge in [0.1, 0.15) is 0 Å². The zero-order chi connectivity index (χ0) is 18.1. The summed E-state index contributed by atoms with van der Waals surface area (Å²) < 4.78 is 1.79. The van der Waals surface area contributed by atoms with Crippen LogP contribution in [0.2, 0.25) is 0 Å². The Morgan fingerprint density at radius 2 is 2.00 bits per heavy atom. The van der Waals surface area contributed by atoms with Crippen LogP contribution in [0.3, 0.4) is 0 Å². The Morgan fingerprint density at radius 3 is 2.64 bits per heavy atom. The minimum Gasteiger partial charge on any atom is -0.341 e. The lowest BCUT2D eigenvalue weighted by Gasteiger charge is -2.27. The van der Waals surface area contributed by atoms with E-state index < -0.39 is 0 Å². The second kappa shape index (κ2) is 7.14. The standard InChI is InChI=1S/C20H30N4O/c1-13(2)17-11-16(18-14(3)22-24(5)19(18)21-17)20(25)23(4)12-15-9-7-6-8-10-15/h11,13,15H,6-10,12H2,1-5H3. The summed E-state index contributed by atoms with van der Waals surface area (Å²) in [4.78, 5) is 19.9. The lowest BCUT2D eigenvalue weighted by Crippen LogP contribution is -2.33. The first-order valence-corrected chi connectivity index (χ1v) is 9.48. The molecule has 25 heavy (non-hydrogen) atoms. The number of rotatable bonds is 4. The topological polar surface area (TPSA) is 51.0 Å². The second-order valence-corrected chi connectivity index (χ2v) is 7.85. The molecule has 2 heterocycles. The number of aryl methyl sites for hydroxylation is 2. The predicted molar refractivity (Wildman–Crippen MR) is 101 cm³/mol. The molecule has 1 saturated carbocycles. The number of nitrogens with zero attached hydrogens (tertiary/aromatic N) is 4. The van der Waals surface area contributed by atoms with Crippen molar-refractivity contribution in [3.05, 3.63) is 23.0 Å². The normalized spacial score (nSPS) is 15.9. The summed E-state index contributed by atoms with van der Waals surface area (Å²) in [6.07, 6.45) is 6.42. The van der Waals surface area contributed by atoms with Crippen molar-refractivity contribution in [2.75, 3.05) is 13.6 Å². The summed E-state index contributed by atoms with van der Waals surface area (Å²) in [7, 11) is 3.83. The van der Waals surface area contributed by atoms with Gasteiger partial charge in [0.15, 0.2) is 5.65 Å². The van der Waals surface area contributed by atoms with Crippen molar-refractivity contribution < 1.29 is 4.79 Å². The maximum Gasteiger partial charge on any atom is 0.254 e. The molecule has 136 valence electrons. The zero-order valence-corrected chi connectivity index (χ0v) is 16.2. The third-order valence-corrected chi connectivity index (χ3v) is 5.41. The van der Waals surface area contributed by atoms with Gasteiger partial charge < -0.3 is 4.90 Å². The van der Waals surface area contributed by atoms with Crippen molar-refractivity contribution in [1.82, 2.24) is 19.7 Å². The Bertz CT molecular complexity index is 772. The molecule has 1 amide bonds. The van der Waals surface area contributed by atoms with Crippen molar-refractivity contribution in [3.63, 3.8) is 0 Å². The number of amides is 1. The SMILES string of the molecule is Cc1nn(C)c2nc(C(C)C)cc(C(=O)N(C)CC3CCCCC3)c12. The van der Waals surface area contributed by atoms with E-state index in [0.29, 0.717) is 5.92 Å². The van der Waals surface area contributed by atoms with E-state index in [2.05, 4.69) is 18.9 Å². The molecular formula is C20H30N4O. The van der Waals surface area contributed by atoms with E-state index in [1.807, 2.05) is 32.0 Å². The minimum atomic E-state index is 0.0935. The lowest BCUT2D eigenvalue weighted by molar-refractivity contribution is 0.0762. The average Bonchev–Trinajstić information content (AvgIpc) is 2.88. The van der Waals surface area contributed by atoms with E-state index in [1.165, 1.54) is 32.1 Å². The van der Waals surface area contributed by atoms with Gasteiger partial charge in [0.25, 0.3) is 5.91 Å². The van der Waals surface area contributed by atoms with Gasteiger partial charge in [0.05, 0.1) is 16.6 Å². The molecule has 2 aromatic rings. The van der Waals surface area contributed by atoms with E-state index in [9.17, 15) is 4.79 Å². The third kappa shape index (κ3) is 3.55. The third-order valence-electron chi connectivity index (χ3n) is 5.41. The fraction of sp³-hybridized carbons (Fsp3) is 0.650. The van der Waals surface area contributed by atoms with Crippen molar-refractivity contribution in [3.8, 4) is 0 Å². The van der Waals surface area contributed by atoms with Crippen LogP contribution < -0.4 is 0 Å². The molecule has 0 spiro atoms. The molecule has 1 aliphatic rings. The smallest absolute Gasteiger partial charge is 0.254 e. The van der Waals surface area contributed by atoms with E-state index in [1.54, 1.807) is 4.68 Å². The summed E-state index contributed by atoms with van der Waals surface area (Å²) in [5.41, 5.74) is 3.37. The molecule has 3 rings (SSSR count). The van der Waals surface area contributed by atoms with Gasteiger partial charge in [-0.1, -0.05) is 33.1 Å². The van der Waals surface area contributed by atoms with Crippen LogP contribution in [0.25, 0.3) is 11.0 Å². The summed E-state index contributed by atoms with van der Waals surface area (Å²) in [5.74, 6) is 1.00. The molecule has 0 atom stereocenters. The second-order valence-electron chi connectivity index (χ2n) is 7.85. The van der Waals surface area contributed by atoms with Crippen LogP contribution in [0.5, 0.6) is 0 Å². The Balaban J connectivity index is 1.96. The zero-order valence-electron chi connectivity index (χ0n) is 16.2. The quantitative estimate of drug-likeness (QED) is 0.842. The highest BCUT2D eigenvalue weighted by atomic mass is 16.2. The lowest BCUT2D eigenvalue weighted by atomic mass is 9.89. The first-order chi connectivity index (χ1) is 11.9. The fourth-order valence-electron chi connectivity index (χ4n) is 3.97. The van der Waals surface area contributed by atoms with Gasteiger partial charge in [0.2, 0.25) is 0 Å². The van der Waals surface area contributed by atoms with E-state index in [-0.39, 0.29) is 11.8 Å². The molecular weight excluding hydrogens is 312 g/mol. The Labute approximate surface area is 150 Å². The van der Waals surface area contributed by atoms with E-state index in [4.69, 9.17) is 4.98 Å². The number of carbonyl (C=O) groups is 1. The number of hydrogen-bond donors (Lipinski definition) is 0. The molecule has 0 aliphatic heterocycles. The molecule has 2 aromatic heterocycles. The number of pyridine rings is 1. The molecule has 0 N–H and O–H groups in total. The van der Waals surface area contributed by atoms with Gasteiger partial charge in [-0.05, 0) is 37.7 Å². The largest absolute Gasteiger partial charge is 0.341 e. The fourth-order valence-corrected chi connectivity index (χ4v) is 3.97. The van der Waals surface area contributed by atoms with Gasteiger partial charge in [0, 0.05) is 26.3 Å². The molecule has 0 radical (unpaired) electrons. The number of carbonyl (C=O) groups excluding carboxylic acids is 1. The molecule has 0 unspecified atom stereocenters. The van der Waals surface area contributed by atoms with E-state index >= 15 is 0 Å². The van der Waals surface area contributed by atoms with Crippen LogP contribution in [0.1, 0.15) is 73.6 Å². The summed E-state index contributed by atoms with van der Waals surface area (Å²) in [5, 5.41) is 5.39. The van der Waals surface area contributed by atoms with Gasteiger partial charge in [-0.3, -0.25) is 9.48 Å². The van der Waals surface area contributed by atoms with Gasteiger partial charge in [-0.2, -0.15) is 5.10 Å². The van der Waals surface area contributed by atoms with Gasteiger partial charge in [-0.25, -0.2) is 4.98 Å². The van der Waals surface area contributed by atoms with Crippen molar-refractivity contribution in [1.29, 1.82) is 0 Å². The maximum atomic E-state index is 13.2. The number of aromatic nitrogens is 3. The molecule has 0 saturated heterocycles. The molecule has 5 heteroatoms. The van der Waals surface area contributed by atoms with Crippen molar-refractivity contribution in [2.24, 2.45) is 13.0 Å². The molecule has 1 fully saturated rings. The highest BCUT2D eigenvalue weighted by Crippen LogP contribution is 2.28. The Kier molecular flexibility index (Phi) is 5.11. The van der Waals surface area contributed by atoms with Crippen LogP contribution in [-0.2, 0) is 7.05 Å². The average molecular weight is 342 g/mol. The van der Waals surface area contributed by atoms with Crippen LogP contribution >= 0.6 is 0 Å². The van der Waals surface area contributed by atoms with Crippen LogP contribution in [-0.4, -0.2) is 39.2 Å². The molecule has 5 nitrogen and oxygen atoms in total. The van der Waals surface area contributed by atoms with Gasteiger partial charge in [-0.15, -0.1) is 0 Å². The molecule has 0 aromatic carbocycles. The van der Waals surface area contributed by atoms with Crippen LogP contribution in [0, 0.1) is 12.8 Å². The maximum absolute atomic E-state index is 13.2. The molecule has 1 aliphatic carbocycles. The van der Waals surface area contributed by atoms with Gasteiger partial charge >= 0.3 is 0 Å². The minimum absolute atomic E-state index is 0.0935. The van der Waals surface area contributed by atoms with Crippen LogP contribution in [0.15, 0.2) is 6.07 Å². The van der Waals surface area contributed by atoms with Crippen molar-refractivity contribution in [2.45, 2.75) is 58.8 Å². The predicted octanol–water partition coefficient (Wildman–Crippen LogP) is 4.05.